The number of carboxylic acid groups (broad SMARTS) is 2. The highest BCUT2D eigenvalue weighted by molar-refractivity contribution is 5.94. The second kappa shape index (κ2) is 8.35. The maximum atomic E-state index is 11.4. The van der Waals surface area contributed by atoms with Crippen LogP contribution in [0.1, 0.15) is 46.8 Å². The van der Waals surface area contributed by atoms with Gasteiger partial charge in [0.25, 0.3) is 0 Å². The number of aliphatic carboxylic acids is 1. The van der Waals surface area contributed by atoms with Crippen LogP contribution in [0.5, 0.6) is 11.5 Å². The van der Waals surface area contributed by atoms with E-state index in [1.807, 2.05) is 0 Å². The lowest BCUT2D eigenvalue weighted by Gasteiger charge is -2.18. The van der Waals surface area contributed by atoms with Crippen LogP contribution in [0.4, 0.5) is 0 Å². The first kappa shape index (κ1) is 19.5. The quantitative estimate of drug-likeness (QED) is 0.536. The number of aromatic hydroxyl groups is 1. The van der Waals surface area contributed by atoms with Gasteiger partial charge in [-0.15, -0.1) is 0 Å². The SMILES string of the molecule is COc1c(C)c(CO)c(C(=O)O)c(O)c1C/C=C(\C)CCC(=O)O. The molecule has 0 aliphatic rings. The molecular formula is C17H22O7. The number of ether oxygens (including phenoxy) is 1. The number of rotatable bonds is 8. The first-order valence-corrected chi connectivity index (χ1v) is 7.37. The third-order valence-corrected chi connectivity index (χ3v) is 3.86. The molecule has 0 bridgehead atoms. The summed E-state index contributed by atoms with van der Waals surface area (Å²) in [7, 11) is 1.40. The molecule has 4 N–H and O–H groups in total. The summed E-state index contributed by atoms with van der Waals surface area (Å²) in [5.74, 6) is -2.38. The lowest BCUT2D eigenvalue weighted by Crippen LogP contribution is -2.09. The van der Waals surface area contributed by atoms with Gasteiger partial charge in [0.2, 0.25) is 0 Å². The number of methoxy groups -OCH3 is 1. The molecular weight excluding hydrogens is 316 g/mol. The second-order valence-corrected chi connectivity index (χ2v) is 5.45. The van der Waals surface area contributed by atoms with Crippen LogP contribution in [0, 0.1) is 6.92 Å². The molecule has 0 unspecified atom stereocenters. The molecule has 0 saturated heterocycles. The van der Waals surface area contributed by atoms with Gasteiger partial charge in [0.05, 0.1) is 13.7 Å². The van der Waals surface area contributed by atoms with E-state index in [1.54, 1.807) is 19.9 Å². The van der Waals surface area contributed by atoms with Crippen LogP contribution in [0.3, 0.4) is 0 Å². The van der Waals surface area contributed by atoms with Crippen molar-refractivity contribution in [3.63, 3.8) is 0 Å². The molecule has 1 aromatic rings. The van der Waals surface area contributed by atoms with Crippen molar-refractivity contribution in [1.82, 2.24) is 0 Å². The molecule has 7 nitrogen and oxygen atoms in total. The molecule has 0 fully saturated rings. The summed E-state index contributed by atoms with van der Waals surface area (Å²) in [6.07, 6.45) is 2.27. The van der Waals surface area contributed by atoms with Gasteiger partial charge < -0.3 is 25.2 Å². The average Bonchev–Trinajstić information content (AvgIpc) is 2.52. The van der Waals surface area contributed by atoms with Gasteiger partial charge in [-0.1, -0.05) is 11.6 Å². The maximum absolute atomic E-state index is 11.4. The van der Waals surface area contributed by atoms with E-state index < -0.39 is 24.3 Å². The number of carboxylic acids is 2. The number of hydrogen-bond acceptors (Lipinski definition) is 5. The topological polar surface area (TPSA) is 124 Å². The molecule has 1 rings (SSSR count). The zero-order valence-corrected chi connectivity index (χ0v) is 13.9. The lowest BCUT2D eigenvalue weighted by molar-refractivity contribution is -0.136. The van der Waals surface area contributed by atoms with Gasteiger partial charge in [0, 0.05) is 17.5 Å². The molecule has 132 valence electrons. The first-order valence-electron chi connectivity index (χ1n) is 7.37. The smallest absolute Gasteiger partial charge is 0.339 e. The first-order chi connectivity index (χ1) is 11.2. The molecule has 1 aromatic carbocycles. The molecule has 0 aliphatic heterocycles. The van der Waals surface area contributed by atoms with E-state index in [9.17, 15) is 24.9 Å². The normalized spacial score (nSPS) is 11.4. The summed E-state index contributed by atoms with van der Waals surface area (Å²) in [4.78, 5) is 22.0. The molecule has 0 amide bonds. The van der Waals surface area contributed by atoms with Gasteiger partial charge in [-0.2, -0.15) is 0 Å². The third kappa shape index (κ3) is 4.26. The maximum Gasteiger partial charge on any atom is 0.339 e. The van der Waals surface area contributed by atoms with Crippen LogP contribution in [-0.2, 0) is 17.8 Å². The van der Waals surface area contributed by atoms with E-state index >= 15 is 0 Å². The Morgan fingerprint density at radius 1 is 1.17 bits per heavy atom. The summed E-state index contributed by atoms with van der Waals surface area (Å²) < 4.78 is 5.28. The van der Waals surface area contributed by atoms with Gasteiger partial charge in [0.1, 0.15) is 17.1 Å². The van der Waals surface area contributed by atoms with E-state index in [4.69, 9.17) is 9.84 Å². The van der Waals surface area contributed by atoms with Gasteiger partial charge in [-0.25, -0.2) is 4.79 Å². The van der Waals surface area contributed by atoms with Crippen molar-refractivity contribution >= 4 is 11.9 Å². The van der Waals surface area contributed by atoms with E-state index in [0.717, 1.165) is 5.57 Å². The van der Waals surface area contributed by atoms with Crippen molar-refractivity contribution in [2.45, 2.75) is 39.7 Å². The van der Waals surface area contributed by atoms with Gasteiger partial charge in [-0.05, 0) is 32.3 Å². The fraction of sp³-hybridized carbons (Fsp3) is 0.412. The molecule has 24 heavy (non-hydrogen) atoms. The van der Waals surface area contributed by atoms with Crippen molar-refractivity contribution in [3.8, 4) is 11.5 Å². The van der Waals surface area contributed by atoms with E-state index in [2.05, 4.69) is 0 Å². The highest BCUT2D eigenvalue weighted by atomic mass is 16.5. The number of allylic oxidation sites excluding steroid dienone is 2. The zero-order chi connectivity index (χ0) is 18.4. The Kier molecular flexibility index (Phi) is 6.79. The van der Waals surface area contributed by atoms with E-state index in [1.165, 1.54) is 7.11 Å². The molecule has 0 saturated carbocycles. The highest BCUT2D eigenvalue weighted by Gasteiger charge is 2.25. The summed E-state index contributed by atoms with van der Waals surface area (Å²) in [5.41, 5.74) is 1.30. The van der Waals surface area contributed by atoms with Crippen LogP contribution in [0.15, 0.2) is 11.6 Å². The second-order valence-electron chi connectivity index (χ2n) is 5.45. The fourth-order valence-corrected chi connectivity index (χ4v) is 2.53. The summed E-state index contributed by atoms with van der Waals surface area (Å²) in [6, 6.07) is 0. The lowest BCUT2D eigenvalue weighted by atomic mass is 9.93. The van der Waals surface area contributed by atoms with Crippen LogP contribution >= 0.6 is 0 Å². The Bertz CT molecular complexity index is 674. The molecule has 0 spiro atoms. The Hall–Kier alpha value is -2.54. The number of phenols is 1. The molecule has 0 heterocycles. The molecule has 0 radical (unpaired) electrons. The number of aliphatic hydroxyl groups is 1. The summed E-state index contributed by atoms with van der Waals surface area (Å²) >= 11 is 0. The standard InChI is InChI=1S/C17H22O7/c1-9(5-7-13(19)20)4-6-11-15(21)14(17(22)23)12(8-18)10(2)16(11)24-3/h4,18,21H,5-8H2,1-3H3,(H,19,20)(H,22,23)/b9-4+. The number of aromatic carboxylic acids is 1. The number of carbonyl (C=O) groups is 2. The molecule has 0 aromatic heterocycles. The Balaban J connectivity index is 3.34. The monoisotopic (exact) mass is 338 g/mol. The number of hydrogen-bond donors (Lipinski definition) is 4. The van der Waals surface area contributed by atoms with Gasteiger partial charge in [0.15, 0.2) is 0 Å². The summed E-state index contributed by atoms with van der Waals surface area (Å²) in [6.45, 7) is 2.84. The van der Waals surface area contributed by atoms with Crippen LogP contribution in [0.25, 0.3) is 0 Å². The van der Waals surface area contributed by atoms with E-state index in [0.29, 0.717) is 23.3 Å². The molecule has 0 atom stereocenters. The average molecular weight is 338 g/mol. The Morgan fingerprint density at radius 2 is 1.79 bits per heavy atom. The minimum atomic E-state index is -1.34. The van der Waals surface area contributed by atoms with Crippen molar-refractivity contribution < 1.29 is 34.8 Å². The zero-order valence-electron chi connectivity index (χ0n) is 13.9. The number of benzene rings is 1. The summed E-state index contributed by atoms with van der Waals surface area (Å²) in [5, 5.41) is 37.8. The molecule has 0 aliphatic carbocycles. The fourth-order valence-electron chi connectivity index (χ4n) is 2.53. The third-order valence-electron chi connectivity index (χ3n) is 3.86. The molecule has 7 heteroatoms. The Morgan fingerprint density at radius 3 is 2.25 bits per heavy atom. The van der Waals surface area contributed by atoms with Crippen LogP contribution in [0.2, 0.25) is 0 Å². The van der Waals surface area contributed by atoms with Crippen molar-refractivity contribution in [2.24, 2.45) is 0 Å². The van der Waals surface area contributed by atoms with E-state index in [-0.39, 0.29) is 24.0 Å². The van der Waals surface area contributed by atoms with Crippen LogP contribution < -0.4 is 4.74 Å². The minimum absolute atomic E-state index is 0.00565. The Labute approximate surface area is 139 Å². The predicted octanol–water partition coefficient (Wildman–Crippen LogP) is 2.25. The van der Waals surface area contributed by atoms with Crippen molar-refractivity contribution in [2.75, 3.05) is 7.11 Å². The minimum Gasteiger partial charge on any atom is -0.507 e. The van der Waals surface area contributed by atoms with Gasteiger partial charge in [-0.3, -0.25) is 4.79 Å². The van der Waals surface area contributed by atoms with Crippen LogP contribution in [-0.4, -0.2) is 39.5 Å². The van der Waals surface area contributed by atoms with Gasteiger partial charge >= 0.3 is 11.9 Å². The van der Waals surface area contributed by atoms with Crippen molar-refractivity contribution in [1.29, 1.82) is 0 Å². The largest absolute Gasteiger partial charge is 0.507 e. The highest BCUT2D eigenvalue weighted by Crippen LogP contribution is 2.39. The van der Waals surface area contributed by atoms with Crippen molar-refractivity contribution in [3.05, 3.63) is 33.9 Å². The number of aliphatic hydroxyl groups excluding tert-OH is 1. The predicted molar refractivity (Wildman–Crippen MR) is 86.6 cm³/mol.